The summed E-state index contributed by atoms with van der Waals surface area (Å²) in [6.45, 7) is 1.68. The van der Waals surface area contributed by atoms with E-state index in [1.54, 1.807) is 55.5 Å². The summed E-state index contributed by atoms with van der Waals surface area (Å²) in [6, 6.07) is 20.0. The topological polar surface area (TPSA) is 219 Å². The minimum absolute atomic E-state index is 0. The normalized spacial score (nSPS) is 12.9. The van der Waals surface area contributed by atoms with Crippen molar-refractivity contribution in [2.45, 2.75) is 21.6 Å². The molecular weight excluding hydrogens is 713 g/mol. The van der Waals surface area contributed by atoms with Crippen LogP contribution in [0, 0.1) is 6.92 Å². The van der Waals surface area contributed by atoms with Gasteiger partial charge in [0.2, 0.25) is 0 Å². The van der Waals surface area contributed by atoms with Gasteiger partial charge in [0.25, 0.3) is 10.1 Å². The molecule has 49 heavy (non-hydrogen) atoms. The summed E-state index contributed by atoms with van der Waals surface area (Å²) in [5, 5.41) is 3.09. The van der Waals surface area contributed by atoms with Gasteiger partial charge in [0.1, 0.15) is 20.2 Å². The Labute approximate surface area is 328 Å². The van der Waals surface area contributed by atoms with Crippen LogP contribution in [0.25, 0.3) is 5.57 Å². The third-order valence-corrected chi connectivity index (χ3v) is 9.65. The Balaban J connectivity index is 0.00000325. The van der Waals surface area contributed by atoms with E-state index in [-0.39, 0.29) is 80.2 Å². The van der Waals surface area contributed by atoms with E-state index in [0.717, 1.165) is 6.07 Å². The monoisotopic (exact) mass is 737 g/mol. The molecule has 0 amide bonds. The summed E-state index contributed by atoms with van der Waals surface area (Å²) in [7, 11) is -13.9. The molecule has 0 spiro atoms. The van der Waals surface area contributed by atoms with E-state index in [1.165, 1.54) is 54.6 Å². The standard InChI is InChI=1S/C32H27N3O9S3.2Na/c1-20-18-29(31(19-30(20)33)47(42,43)44)32(21-2-6-23(7-3-21)34-25-10-14-27(15-11-25)45(36,37)38)22-4-8-24(9-5-22)35-26-12-16-28(17-13-26)46(39,40)41;;/h2-19,34H,33H2,1H3,(H,36,37,38)(H,39,40,41)(H,42,43,44);;/q;2*+1/p-2. The van der Waals surface area contributed by atoms with Gasteiger partial charge in [-0.2, -0.15) is 8.42 Å². The molecule has 4 N–H and O–H groups in total. The van der Waals surface area contributed by atoms with Gasteiger partial charge in [-0.1, -0.05) is 24.3 Å². The van der Waals surface area contributed by atoms with Gasteiger partial charge in [0, 0.05) is 22.6 Å². The quantitative estimate of drug-likeness (QED) is 0.114. The van der Waals surface area contributed by atoms with E-state index in [0.29, 0.717) is 45.0 Å². The number of nitrogens with one attached hydrogen (secondary N) is 1. The van der Waals surface area contributed by atoms with E-state index in [1.807, 2.05) is 0 Å². The number of aliphatic imine (C=N–C) groups is 1. The van der Waals surface area contributed by atoms with Crippen molar-refractivity contribution < 1.29 is 98.0 Å². The molecule has 4 aromatic rings. The predicted molar refractivity (Wildman–Crippen MR) is 175 cm³/mol. The molecule has 0 aliphatic heterocycles. The van der Waals surface area contributed by atoms with Crippen molar-refractivity contribution in [1.82, 2.24) is 0 Å². The predicted octanol–water partition coefficient (Wildman–Crippen LogP) is -0.916. The van der Waals surface area contributed by atoms with Gasteiger partial charge in [-0.15, -0.1) is 0 Å². The average molecular weight is 738 g/mol. The number of aryl methyl sites for hydroxylation is 1. The molecule has 12 nitrogen and oxygen atoms in total. The minimum atomic E-state index is -4.97. The summed E-state index contributed by atoms with van der Waals surface area (Å²) in [4.78, 5) is 3.31. The first-order valence-corrected chi connectivity index (χ1v) is 17.8. The molecule has 17 heteroatoms. The number of rotatable bonds is 8. The smallest absolute Gasteiger partial charge is 0.744 e. The first kappa shape index (κ1) is 40.5. The zero-order chi connectivity index (χ0) is 34.1. The molecular formula is C32H25N3Na2O9S3. The number of allylic oxidation sites excluding steroid dienone is 5. The van der Waals surface area contributed by atoms with Crippen molar-refractivity contribution >= 4 is 64.4 Å². The fourth-order valence-corrected chi connectivity index (χ4v) is 6.37. The Kier molecular flexibility index (Phi) is 13.2. The van der Waals surface area contributed by atoms with Gasteiger partial charge in [-0.3, -0.25) is 4.55 Å². The molecule has 5 rings (SSSR count). The van der Waals surface area contributed by atoms with Crippen molar-refractivity contribution in [3.63, 3.8) is 0 Å². The van der Waals surface area contributed by atoms with Gasteiger partial charge in [0.05, 0.1) is 26.1 Å². The van der Waals surface area contributed by atoms with E-state index in [4.69, 9.17) is 5.73 Å². The zero-order valence-electron chi connectivity index (χ0n) is 26.4. The number of nitrogens with zero attached hydrogens (tertiary/aromatic N) is 1. The summed E-state index contributed by atoms with van der Waals surface area (Å²) < 4.78 is 103. The summed E-state index contributed by atoms with van der Waals surface area (Å²) in [6.07, 6.45) is 6.68. The fourth-order valence-electron chi connectivity index (χ4n) is 4.72. The van der Waals surface area contributed by atoms with E-state index in [2.05, 4.69) is 10.3 Å². The van der Waals surface area contributed by atoms with E-state index in [9.17, 15) is 38.9 Å². The molecule has 0 aromatic heterocycles. The van der Waals surface area contributed by atoms with Crippen LogP contribution in [-0.2, 0) is 30.4 Å². The molecule has 0 saturated carbocycles. The van der Waals surface area contributed by atoms with E-state index >= 15 is 0 Å². The summed E-state index contributed by atoms with van der Waals surface area (Å²) in [5.41, 5.74) is 10.3. The van der Waals surface area contributed by atoms with Crippen LogP contribution in [-0.4, -0.2) is 44.6 Å². The average Bonchev–Trinajstić information content (AvgIpc) is 3.00. The maximum Gasteiger partial charge on any atom is 1.00 e. The Morgan fingerprint density at radius 2 is 1.22 bits per heavy atom. The van der Waals surface area contributed by atoms with Gasteiger partial charge in [-0.05, 0) is 114 Å². The van der Waals surface area contributed by atoms with Crippen LogP contribution >= 0.6 is 0 Å². The Hall–Kier alpha value is -2.90. The molecule has 1 aliphatic carbocycles. The molecule has 0 fully saturated rings. The Morgan fingerprint density at radius 1 is 0.714 bits per heavy atom. The Bertz CT molecular complexity index is 2320. The maximum atomic E-state index is 12.4. The third kappa shape index (κ3) is 10.1. The van der Waals surface area contributed by atoms with Gasteiger partial charge >= 0.3 is 59.1 Å². The third-order valence-electron chi connectivity index (χ3n) is 7.06. The number of benzene rings is 4. The molecule has 0 atom stereocenters. The number of hydrogen-bond donors (Lipinski definition) is 3. The molecule has 0 saturated heterocycles. The van der Waals surface area contributed by atoms with Crippen molar-refractivity contribution in [2.75, 3.05) is 11.1 Å². The largest absolute Gasteiger partial charge is 1.00 e. The van der Waals surface area contributed by atoms with Gasteiger partial charge in [-0.25, -0.2) is 21.8 Å². The Morgan fingerprint density at radius 3 is 1.71 bits per heavy atom. The molecule has 0 heterocycles. The van der Waals surface area contributed by atoms with Crippen molar-refractivity contribution in [3.8, 4) is 0 Å². The SMILES string of the molecule is Cc1cc(C(=C2C=CC(=Nc3ccc(S(=O)(=O)O)cc3)C=C2)c2ccc(Nc3ccc(S(=O)(=O)[O-])cc3)cc2)c(S(=O)(=O)[O-])cc1N.[Na+].[Na+]. The first-order chi connectivity index (χ1) is 22.0. The molecule has 4 aromatic carbocycles. The summed E-state index contributed by atoms with van der Waals surface area (Å²) >= 11 is 0. The second-order valence-electron chi connectivity index (χ2n) is 10.3. The molecule has 0 unspecified atom stereocenters. The van der Waals surface area contributed by atoms with Crippen LogP contribution < -0.4 is 70.2 Å². The molecule has 1 aliphatic rings. The minimum Gasteiger partial charge on any atom is -0.744 e. The zero-order valence-corrected chi connectivity index (χ0v) is 32.8. The van der Waals surface area contributed by atoms with Crippen molar-refractivity contribution in [3.05, 3.63) is 131 Å². The van der Waals surface area contributed by atoms with Crippen LogP contribution in [0.1, 0.15) is 16.7 Å². The van der Waals surface area contributed by atoms with Crippen molar-refractivity contribution in [1.29, 1.82) is 0 Å². The summed E-state index contributed by atoms with van der Waals surface area (Å²) in [5.74, 6) is 0. The van der Waals surface area contributed by atoms with Crippen LogP contribution in [0.15, 0.2) is 134 Å². The second-order valence-corrected chi connectivity index (χ2v) is 14.5. The number of nitrogen functional groups attached to an aromatic ring is 1. The maximum absolute atomic E-state index is 12.4. The van der Waals surface area contributed by atoms with Crippen LogP contribution in [0.3, 0.4) is 0 Å². The number of hydrogen-bond acceptors (Lipinski definition) is 11. The first-order valence-electron chi connectivity index (χ1n) is 13.6. The molecule has 0 bridgehead atoms. The second kappa shape index (κ2) is 16.0. The fraction of sp³-hybridized carbons (Fsp3) is 0.0312. The molecule has 242 valence electrons. The van der Waals surface area contributed by atoms with E-state index < -0.39 is 35.2 Å². The number of nitrogens with two attached hydrogens (primary N) is 1. The number of anilines is 3. The van der Waals surface area contributed by atoms with Crippen LogP contribution in [0.4, 0.5) is 22.7 Å². The molecule has 0 radical (unpaired) electrons. The van der Waals surface area contributed by atoms with Crippen LogP contribution in [0.2, 0.25) is 0 Å². The van der Waals surface area contributed by atoms with Gasteiger partial charge in [0.15, 0.2) is 0 Å². The van der Waals surface area contributed by atoms with Gasteiger partial charge < -0.3 is 20.2 Å². The van der Waals surface area contributed by atoms with Crippen molar-refractivity contribution in [2.24, 2.45) is 4.99 Å². The van der Waals surface area contributed by atoms with Crippen LogP contribution in [0.5, 0.6) is 0 Å².